The summed E-state index contributed by atoms with van der Waals surface area (Å²) in [5, 5.41) is 3.32. The van der Waals surface area contributed by atoms with Gasteiger partial charge in [0.15, 0.2) is 11.5 Å². The molecule has 0 saturated heterocycles. The maximum absolute atomic E-state index is 12.6. The maximum Gasteiger partial charge on any atom is 0.312 e. The van der Waals surface area contributed by atoms with Crippen LogP contribution in [-0.4, -0.2) is 41.6 Å². The van der Waals surface area contributed by atoms with Crippen molar-refractivity contribution >= 4 is 28.7 Å². The summed E-state index contributed by atoms with van der Waals surface area (Å²) in [5.74, 6) is -0.241. The number of fused-ring (bicyclic) bond motifs is 2. The van der Waals surface area contributed by atoms with E-state index in [1.165, 1.54) is 0 Å². The molecule has 6 N–H and O–H groups in total. The number of primary amides is 1. The summed E-state index contributed by atoms with van der Waals surface area (Å²) in [6, 6.07) is 12.7. The third kappa shape index (κ3) is 4.53. The predicted molar refractivity (Wildman–Crippen MR) is 111 cm³/mol. The van der Waals surface area contributed by atoms with E-state index in [1.54, 1.807) is 30.5 Å². The molecule has 1 aliphatic heterocycles. The summed E-state index contributed by atoms with van der Waals surface area (Å²) in [6.07, 6.45) is 0.994. The SMILES string of the molecule is NC(=O)NC(Cc1c[nH]c2ccccc12)C(=O)NNC(=O)C1COc2ccccc2O1. The molecule has 0 radical (unpaired) electrons. The van der Waals surface area contributed by atoms with Crippen LogP contribution >= 0.6 is 0 Å². The average Bonchev–Trinajstić information content (AvgIpc) is 3.19. The second-order valence-corrected chi connectivity index (χ2v) is 6.97. The summed E-state index contributed by atoms with van der Waals surface area (Å²) < 4.78 is 11.1. The number of nitrogens with one attached hydrogen (secondary N) is 4. The Morgan fingerprint density at radius 2 is 1.81 bits per heavy atom. The van der Waals surface area contributed by atoms with Gasteiger partial charge in [-0.25, -0.2) is 4.79 Å². The lowest BCUT2D eigenvalue weighted by Crippen LogP contribution is -2.56. The summed E-state index contributed by atoms with van der Waals surface area (Å²) >= 11 is 0. The number of rotatable bonds is 5. The molecule has 0 fully saturated rings. The number of aromatic nitrogens is 1. The zero-order valence-corrected chi connectivity index (χ0v) is 16.4. The number of hydrazine groups is 1. The molecule has 2 unspecified atom stereocenters. The van der Waals surface area contributed by atoms with E-state index >= 15 is 0 Å². The molecule has 1 aliphatic rings. The van der Waals surface area contributed by atoms with Gasteiger partial charge < -0.3 is 25.5 Å². The van der Waals surface area contributed by atoms with Crippen molar-refractivity contribution in [3.8, 4) is 11.5 Å². The molecule has 0 bridgehead atoms. The summed E-state index contributed by atoms with van der Waals surface area (Å²) in [5.41, 5.74) is 11.6. The maximum atomic E-state index is 12.6. The Morgan fingerprint density at radius 1 is 1.06 bits per heavy atom. The van der Waals surface area contributed by atoms with Gasteiger partial charge in [-0.15, -0.1) is 0 Å². The normalized spacial score (nSPS) is 15.7. The topological polar surface area (TPSA) is 148 Å². The number of H-pyrrole nitrogens is 1. The smallest absolute Gasteiger partial charge is 0.312 e. The van der Waals surface area contributed by atoms with E-state index < -0.39 is 30.0 Å². The van der Waals surface area contributed by atoms with Crippen LogP contribution < -0.4 is 31.4 Å². The van der Waals surface area contributed by atoms with Crippen LogP contribution in [0.5, 0.6) is 11.5 Å². The van der Waals surface area contributed by atoms with E-state index in [0.717, 1.165) is 16.5 Å². The predicted octanol–water partition coefficient (Wildman–Crippen LogP) is 0.735. The molecule has 160 valence electrons. The van der Waals surface area contributed by atoms with E-state index in [-0.39, 0.29) is 13.0 Å². The number of aromatic amines is 1. The zero-order valence-electron chi connectivity index (χ0n) is 16.4. The number of carbonyl (C=O) groups excluding carboxylic acids is 3. The third-order valence-electron chi connectivity index (χ3n) is 4.84. The number of hydrogen-bond acceptors (Lipinski definition) is 5. The van der Waals surface area contributed by atoms with Crippen LogP contribution in [-0.2, 0) is 16.0 Å². The molecular formula is C21H21N5O5. The first-order chi connectivity index (χ1) is 15.0. The van der Waals surface area contributed by atoms with Gasteiger partial charge >= 0.3 is 6.03 Å². The van der Waals surface area contributed by atoms with E-state index in [1.807, 2.05) is 24.3 Å². The molecule has 0 saturated carbocycles. The molecule has 1 aromatic heterocycles. The van der Waals surface area contributed by atoms with E-state index in [9.17, 15) is 14.4 Å². The fourth-order valence-corrected chi connectivity index (χ4v) is 3.34. The Bertz CT molecular complexity index is 1130. The van der Waals surface area contributed by atoms with Crippen molar-refractivity contribution in [3.05, 3.63) is 60.3 Å². The monoisotopic (exact) mass is 423 g/mol. The van der Waals surface area contributed by atoms with Crippen molar-refractivity contribution in [2.75, 3.05) is 6.61 Å². The van der Waals surface area contributed by atoms with Crippen molar-refractivity contribution in [1.82, 2.24) is 21.2 Å². The minimum absolute atomic E-state index is 0.00296. The van der Waals surface area contributed by atoms with Crippen molar-refractivity contribution in [3.63, 3.8) is 0 Å². The van der Waals surface area contributed by atoms with Crippen LogP contribution in [0.2, 0.25) is 0 Å². The molecule has 0 spiro atoms. The molecule has 3 aromatic rings. The standard InChI is InChI=1S/C21H21N5O5/c22-21(29)24-15(9-12-10-23-14-6-2-1-5-13(12)14)19(27)25-26-20(28)18-11-30-16-7-3-4-8-17(16)31-18/h1-8,10,15,18,23H,9,11H2,(H,25,27)(H,26,28)(H3,22,24,29). The number of urea groups is 1. The van der Waals surface area contributed by atoms with Gasteiger partial charge in [-0.3, -0.25) is 20.4 Å². The number of nitrogens with two attached hydrogens (primary N) is 1. The van der Waals surface area contributed by atoms with Gasteiger partial charge in [0.1, 0.15) is 12.6 Å². The van der Waals surface area contributed by atoms with Gasteiger partial charge in [-0.1, -0.05) is 30.3 Å². The van der Waals surface area contributed by atoms with Crippen molar-refractivity contribution in [2.24, 2.45) is 5.73 Å². The van der Waals surface area contributed by atoms with E-state index in [2.05, 4.69) is 21.2 Å². The largest absolute Gasteiger partial charge is 0.485 e. The minimum atomic E-state index is -0.999. The van der Waals surface area contributed by atoms with Crippen molar-refractivity contribution in [2.45, 2.75) is 18.6 Å². The average molecular weight is 423 g/mol. The van der Waals surface area contributed by atoms with Gasteiger partial charge in [-0.2, -0.15) is 0 Å². The number of benzene rings is 2. The van der Waals surface area contributed by atoms with E-state index in [0.29, 0.717) is 11.5 Å². The highest BCUT2D eigenvalue weighted by atomic mass is 16.6. The van der Waals surface area contributed by atoms with E-state index in [4.69, 9.17) is 15.2 Å². The quantitative estimate of drug-likeness (QED) is 0.384. The third-order valence-corrected chi connectivity index (χ3v) is 4.84. The zero-order chi connectivity index (χ0) is 21.8. The van der Waals surface area contributed by atoms with Gasteiger partial charge in [-0.05, 0) is 23.8 Å². The highest BCUT2D eigenvalue weighted by Gasteiger charge is 2.29. The highest BCUT2D eigenvalue weighted by Crippen LogP contribution is 2.30. The van der Waals surface area contributed by atoms with Gasteiger partial charge in [0.25, 0.3) is 11.8 Å². The Kier molecular flexibility index (Phi) is 5.61. The molecular weight excluding hydrogens is 402 g/mol. The van der Waals surface area contributed by atoms with Crippen LogP contribution in [0.4, 0.5) is 4.79 Å². The summed E-state index contributed by atoms with van der Waals surface area (Å²) in [7, 11) is 0. The van der Waals surface area contributed by atoms with Crippen LogP contribution in [0.3, 0.4) is 0 Å². The molecule has 4 amide bonds. The lowest BCUT2D eigenvalue weighted by molar-refractivity contribution is -0.135. The number of carbonyl (C=O) groups is 3. The molecule has 10 heteroatoms. The molecule has 2 heterocycles. The molecule has 31 heavy (non-hydrogen) atoms. The number of hydrogen-bond donors (Lipinski definition) is 5. The first-order valence-corrected chi connectivity index (χ1v) is 9.60. The molecule has 4 rings (SSSR count). The Balaban J connectivity index is 1.38. The first kappa shape index (κ1) is 20.1. The highest BCUT2D eigenvalue weighted by molar-refractivity contribution is 5.91. The van der Waals surface area contributed by atoms with Crippen LogP contribution in [0.15, 0.2) is 54.7 Å². The van der Waals surface area contributed by atoms with Crippen LogP contribution in [0, 0.1) is 0 Å². The lowest BCUT2D eigenvalue weighted by atomic mass is 10.0. The second-order valence-electron chi connectivity index (χ2n) is 6.97. The molecule has 10 nitrogen and oxygen atoms in total. The second kappa shape index (κ2) is 8.66. The fraction of sp³-hybridized carbons (Fsp3) is 0.190. The fourth-order valence-electron chi connectivity index (χ4n) is 3.34. The Labute approximate surface area is 177 Å². The van der Waals surface area contributed by atoms with Crippen LogP contribution in [0.25, 0.3) is 10.9 Å². The Hall–Kier alpha value is -4.21. The number of amides is 4. The van der Waals surface area contributed by atoms with Crippen molar-refractivity contribution in [1.29, 1.82) is 0 Å². The van der Waals surface area contributed by atoms with Gasteiger partial charge in [0.2, 0.25) is 6.10 Å². The minimum Gasteiger partial charge on any atom is -0.485 e. The Morgan fingerprint density at radius 3 is 2.61 bits per heavy atom. The van der Waals surface area contributed by atoms with Crippen molar-refractivity contribution < 1.29 is 23.9 Å². The molecule has 2 aromatic carbocycles. The summed E-state index contributed by atoms with van der Waals surface area (Å²) in [4.78, 5) is 39.6. The first-order valence-electron chi connectivity index (χ1n) is 9.60. The number of ether oxygens (including phenoxy) is 2. The number of para-hydroxylation sites is 3. The van der Waals surface area contributed by atoms with Gasteiger partial charge in [0.05, 0.1) is 0 Å². The molecule has 2 atom stereocenters. The van der Waals surface area contributed by atoms with Crippen LogP contribution in [0.1, 0.15) is 5.56 Å². The molecule has 0 aliphatic carbocycles. The lowest BCUT2D eigenvalue weighted by Gasteiger charge is -2.26. The van der Waals surface area contributed by atoms with Gasteiger partial charge in [0, 0.05) is 23.5 Å². The summed E-state index contributed by atoms with van der Waals surface area (Å²) in [6.45, 7) is -0.00296.